The fraction of sp³-hybridized carbons (Fsp3) is 0.923. The van der Waals surface area contributed by atoms with Crippen LogP contribution in [0.2, 0.25) is 0 Å². The largest absolute Gasteiger partial charge is 0.469 e. The highest BCUT2D eigenvalue weighted by Gasteiger charge is 2.83. The van der Waals surface area contributed by atoms with Crippen molar-refractivity contribution in [3.05, 3.63) is 0 Å². The number of epoxide rings is 1. The summed E-state index contributed by atoms with van der Waals surface area (Å²) in [6.07, 6.45) is 9.72. The number of carbonyl (C=O) groups is 2. The van der Waals surface area contributed by atoms with E-state index in [9.17, 15) is 9.59 Å². The smallest absolute Gasteiger partial charge is 0.305 e. The fourth-order valence-corrected chi connectivity index (χ4v) is 9.23. The lowest BCUT2D eigenvalue weighted by Gasteiger charge is -2.58. The summed E-state index contributed by atoms with van der Waals surface area (Å²) >= 11 is 0. The Morgan fingerprint density at radius 2 is 1.90 bits per heavy atom. The van der Waals surface area contributed by atoms with Gasteiger partial charge in [0.05, 0.1) is 7.11 Å². The third-order valence-corrected chi connectivity index (χ3v) is 11.0. The summed E-state index contributed by atoms with van der Waals surface area (Å²) in [6, 6.07) is 0. The zero-order valence-electron chi connectivity index (χ0n) is 19.5. The van der Waals surface area contributed by atoms with Gasteiger partial charge in [0.15, 0.2) is 5.78 Å². The third kappa shape index (κ3) is 2.49. The summed E-state index contributed by atoms with van der Waals surface area (Å²) in [6.45, 7) is 9.37. The van der Waals surface area contributed by atoms with Crippen LogP contribution in [0.15, 0.2) is 0 Å². The average Bonchev–Trinajstić information content (AvgIpc) is 3.38. The number of carbonyl (C=O) groups excluding carboxylic acids is 2. The fourth-order valence-electron chi connectivity index (χ4n) is 9.23. The lowest BCUT2D eigenvalue weighted by Crippen LogP contribution is -2.63. The lowest BCUT2D eigenvalue weighted by molar-refractivity contribution is -0.148. The Bertz CT molecular complexity index is 747. The van der Waals surface area contributed by atoms with E-state index >= 15 is 0 Å². The molecule has 4 heteroatoms. The SMILES string of the molecule is COC(=O)CC[C@@H](C)C1CCC2C3CC[C@@H]4C[C@H](C)CC[C@]4(C)[C@]34O[C@@H]4C(=O)[C@@]21C. The summed E-state index contributed by atoms with van der Waals surface area (Å²) < 4.78 is 11.5. The molecule has 1 heterocycles. The van der Waals surface area contributed by atoms with Crippen LogP contribution >= 0.6 is 0 Å². The average molecular weight is 417 g/mol. The van der Waals surface area contributed by atoms with Crippen molar-refractivity contribution in [2.45, 2.75) is 97.2 Å². The summed E-state index contributed by atoms with van der Waals surface area (Å²) in [7, 11) is 1.46. The Labute approximate surface area is 181 Å². The molecular weight excluding hydrogens is 376 g/mol. The van der Waals surface area contributed by atoms with Gasteiger partial charge in [-0.05, 0) is 80.5 Å². The molecule has 0 N–H and O–H groups in total. The lowest BCUT2D eigenvalue weighted by atomic mass is 9.43. The number of ether oxygens (including phenoxy) is 2. The maximum Gasteiger partial charge on any atom is 0.305 e. The molecule has 10 atom stereocenters. The molecule has 0 amide bonds. The molecule has 168 valence electrons. The molecular formula is C26H40O4. The van der Waals surface area contributed by atoms with Gasteiger partial charge >= 0.3 is 5.97 Å². The normalized spacial score (nSPS) is 52.5. The molecule has 5 aliphatic rings. The molecule has 0 aromatic rings. The monoisotopic (exact) mass is 416 g/mol. The van der Waals surface area contributed by atoms with E-state index in [0.717, 1.165) is 31.1 Å². The second kappa shape index (κ2) is 6.80. The highest BCUT2D eigenvalue weighted by atomic mass is 16.6. The van der Waals surface area contributed by atoms with Crippen molar-refractivity contribution in [1.82, 2.24) is 0 Å². The zero-order valence-corrected chi connectivity index (χ0v) is 19.5. The molecule has 0 bridgehead atoms. The van der Waals surface area contributed by atoms with Gasteiger partial charge in [-0.15, -0.1) is 0 Å². The molecule has 1 saturated heterocycles. The van der Waals surface area contributed by atoms with Crippen LogP contribution in [-0.2, 0) is 19.1 Å². The topological polar surface area (TPSA) is 55.9 Å². The number of rotatable bonds is 4. The molecule has 4 saturated carbocycles. The van der Waals surface area contributed by atoms with Crippen molar-refractivity contribution in [2.75, 3.05) is 7.11 Å². The molecule has 1 aliphatic heterocycles. The first-order valence-electron chi connectivity index (χ1n) is 12.5. The minimum atomic E-state index is -0.282. The number of esters is 1. The second-order valence-electron chi connectivity index (χ2n) is 12.0. The van der Waals surface area contributed by atoms with E-state index in [1.54, 1.807) is 0 Å². The van der Waals surface area contributed by atoms with E-state index in [4.69, 9.17) is 9.47 Å². The Morgan fingerprint density at radius 1 is 1.17 bits per heavy atom. The van der Waals surface area contributed by atoms with Crippen LogP contribution in [-0.4, -0.2) is 30.6 Å². The molecule has 3 unspecified atom stereocenters. The Hall–Kier alpha value is -0.900. The van der Waals surface area contributed by atoms with Crippen molar-refractivity contribution < 1.29 is 19.1 Å². The zero-order chi connectivity index (χ0) is 21.5. The molecule has 0 aromatic heterocycles. The van der Waals surface area contributed by atoms with Crippen LogP contribution in [0.5, 0.6) is 0 Å². The van der Waals surface area contributed by atoms with E-state index in [0.29, 0.717) is 35.9 Å². The predicted octanol–water partition coefficient (Wildman–Crippen LogP) is 5.18. The van der Waals surface area contributed by atoms with Crippen molar-refractivity contribution in [1.29, 1.82) is 0 Å². The van der Waals surface area contributed by atoms with Crippen LogP contribution in [0.4, 0.5) is 0 Å². The summed E-state index contributed by atoms with van der Waals surface area (Å²) in [5.74, 6) is 3.50. The minimum absolute atomic E-state index is 0.140. The van der Waals surface area contributed by atoms with E-state index in [1.165, 1.54) is 39.2 Å². The van der Waals surface area contributed by atoms with Crippen LogP contribution in [0.3, 0.4) is 0 Å². The van der Waals surface area contributed by atoms with E-state index in [-0.39, 0.29) is 28.5 Å². The molecule has 5 rings (SSSR count). The number of fused-ring (bicyclic) bond motifs is 3. The van der Waals surface area contributed by atoms with Gasteiger partial charge in [-0.25, -0.2) is 0 Å². The number of ketones is 1. The number of methoxy groups -OCH3 is 1. The van der Waals surface area contributed by atoms with Crippen LogP contribution in [0.25, 0.3) is 0 Å². The van der Waals surface area contributed by atoms with Gasteiger partial charge in [-0.1, -0.05) is 34.1 Å². The first-order chi connectivity index (χ1) is 14.2. The van der Waals surface area contributed by atoms with E-state index in [2.05, 4.69) is 27.7 Å². The summed E-state index contributed by atoms with van der Waals surface area (Å²) in [4.78, 5) is 25.7. The quantitative estimate of drug-likeness (QED) is 0.468. The van der Waals surface area contributed by atoms with Crippen molar-refractivity contribution in [3.63, 3.8) is 0 Å². The predicted molar refractivity (Wildman–Crippen MR) is 115 cm³/mol. The summed E-state index contributed by atoms with van der Waals surface area (Å²) in [5.41, 5.74) is -0.268. The van der Waals surface area contributed by atoms with E-state index in [1.807, 2.05) is 0 Å². The van der Waals surface area contributed by atoms with Crippen LogP contribution in [0.1, 0.15) is 85.5 Å². The van der Waals surface area contributed by atoms with Gasteiger partial charge < -0.3 is 9.47 Å². The Kier molecular flexibility index (Phi) is 4.75. The molecule has 30 heavy (non-hydrogen) atoms. The first-order valence-corrected chi connectivity index (χ1v) is 12.5. The maximum atomic E-state index is 14.0. The van der Waals surface area contributed by atoms with Crippen LogP contribution < -0.4 is 0 Å². The summed E-state index contributed by atoms with van der Waals surface area (Å²) in [5, 5.41) is 0. The van der Waals surface area contributed by atoms with Gasteiger partial charge in [0, 0.05) is 17.3 Å². The first kappa shape index (κ1) is 21.0. The number of hydrogen-bond donors (Lipinski definition) is 0. The van der Waals surface area contributed by atoms with Crippen molar-refractivity contribution in [2.24, 2.45) is 46.3 Å². The number of hydrogen-bond acceptors (Lipinski definition) is 4. The minimum Gasteiger partial charge on any atom is -0.469 e. The molecule has 5 fully saturated rings. The van der Waals surface area contributed by atoms with Gasteiger partial charge in [-0.3, -0.25) is 9.59 Å². The van der Waals surface area contributed by atoms with Crippen molar-refractivity contribution in [3.8, 4) is 0 Å². The third-order valence-electron chi connectivity index (χ3n) is 11.0. The molecule has 4 nitrogen and oxygen atoms in total. The van der Waals surface area contributed by atoms with Gasteiger partial charge in [0.25, 0.3) is 0 Å². The van der Waals surface area contributed by atoms with Crippen molar-refractivity contribution >= 4 is 11.8 Å². The second-order valence-corrected chi connectivity index (χ2v) is 12.0. The Balaban J connectivity index is 1.42. The van der Waals surface area contributed by atoms with Gasteiger partial charge in [-0.2, -0.15) is 0 Å². The van der Waals surface area contributed by atoms with Gasteiger partial charge in [0.2, 0.25) is 0 Å². The molecule has 1 spiro atoms. The highest BCUT2D eigenvalue weighted by molar-refractivity contribution is 5.94. The van der Waals surface area contributed by atoms with Gasteiger partial charge in [0.1, 0.15) is 11.7 Å². The molecule has 4 aliphatic carbocycles. The maximum absolute atomic E-state index is 14.0. The standard InChI is InChI=1S/C26H40O4/c1-15-12-13-24(3)17(14-15)7-8-20-19-10-9-18(16(2)6-11-21(27)29-5)25(19,4)22(28)23-26(20,24)30-23/h15-20,23H,6-14H2,1-5H3/t15-,16-,17-,18?,19?,20?,23-,24+,25-,26+/m1/s1. The van der Waals surface area contributed by atoms with Crippen LogP contribution in [0, 0.1) is 46.3 Å². The number of Topliss-reactive ketones (excluding diaryl/α,β-unsaturated/α-hetero) is 1. The molecule has 0 aromatic carbocycles. The Morgan fingerprint density at radius 3 is 2.63 bits per heavy atom. The van der Waals surface area contributed by atoms with E-state index < -0.39 is 0 Å². The highest BCUT2D eigenvalue weighted by Crippen LogP contribution is 2.76. The molecule has 0 radical (unpaired) electrons.